The largest absolute Gasteiger partial charge is 0.497 e. The van der Waals surface area contributed by atoms with Gasteiger partial charge in [0.15, 0.2) is 5.65 Å². The van der Waals surface area contributed by atoms with Gasteiger partial charge in [0, 0.05) is 11.7 Å². The normalized spacial score (nSPS) is 17.7. The Morgan fingerprint density at radius 3 is 2.24 bits per heavy atom. The summed E-state index contributed by atoms with van der Waals surface area (Å²) >= 11 is 0. The van der Waals surface area contributed by atoms with Gasteiger partial charge in [0.2, 0.25) is 5.88 Å². The molecule has 0 spiro atoms. The van der Waals surface area contributed by atoms with Crippen molar-refractivity contribution < 1.29 is 18.8 Å². The molecular weight excluding hydrogens is 369 g/mol. The van der Waals surface area contributed by atoms with Crippen LogP contribution < -0.4 is 14.9 Å². The quantitative estimate of drug-likeness (QED) is 0.619. The van der Waals surface area contributed by atoms with Crippen LogP contribution in [-0.4, -0.2) is 47.3 Å². The summed E-state index contributed by atoms with van der Waals surface area (Å²) in [5.41, 5.74) is 1.87. The molecule has 3 aromatic rings. The van der Waals surface area contributed by atoms with Gasteiger partial charge in [0.05, 0.1) is 37.4 Å². The lowest BCUT2D eigenvalue weighted by Gasteiger charge is -2.32. The van der Waals surface area contributed by atoms with Gasteiger partial charge in [-0.2, -0.15) is 0 Å². The maximum atomic E-state index is 6.15. The monoisotopic (exact) mass is 395 g/mol. The van der Waals surface area contributed by atoms with E-state index in [1.807, 2.05) is 62.7 Å². The van der Waals surface area contributed by atoms with Crippen LogP contribution in [0.4, 0.5) is 0 Å². The SMILES string of the molecule is COc1ccc(Cn2nc(OC)c3cc(B4OC(C)(C)C(C)(C)O4)cnc32)cc1. The van der Waals surface area contributed by atoms with Crippen LogP contribution in [0.15, 0.2) is 36.5 Å². The van der Waals surface area contributed by atoms with E-state index in [1.165, 1.54) is 0 Å². The molecule has 1 saturated heterocycles. The molecule has 1 aromatic carbocycles. The Morgan fingerprint density at radius 1 is 1.00 bits per heavy atom. The van der Waals surface area contributed by atoms with Crippen molar-refractivity contribution in [2.45, 2.75) is 45.4 Å². The maximum absolute atomic E-state index is 6.15. The van der Waals surface area contributed by atoms with Crippen LogP contribution >= 0.6 is 0 Å². The number of hydrogen-bond acceptors (Lipinski definition) is 6. The predicted molar refractivity (Wildman–Crippen MR) is 112 cm³/mol. The zero-order valence-electron chi connectivity index (χ0n) is 17.7. The van der Waals surface area contributed by atoms with E-state index in [-0.39, 0.29) is 0 Å². The molecule has 0 amide bonds. The summed E-state index contributed by atoms with van der Waals surface area (Å²) in [6, 6.07) is 9.88. The van der Waals surface area contributed by atoms with Gasteiger partial charge in [0.25, 0.3) is 0 Å². The van der Waals surface area contributed by atoms with Crippen molar-refractivity contribution >= 4 is 23.6 Å². The molecular formula is C21H26BN3O4. The van der Waals surface area contributed by atoms with Gasteiger partial charge >= 0.3 is 7.12 Å². The summed E-state index contributed by atoms with van der Waals surface area (Å²) in [6.45, 7) is 8.71. The minimum atomic E-state index is -0.480. The van der Waals surface area contributed by atoms with Crippen molar-refractivity contribution in [2.24, 2.45) is 0 Å². The van der Waals surface area contributed by atoms with Crippen molar-refractivity contribution in [1.82, 2.24) is 14.8 Å². The van der Waals surface area contributed by atoms with Crippen molar-refractivity contribution in [2.75, 3.05) is 14.2 Å². The fraction of sp³-hybridized carbons (Fsp3) is 0.429. The van der Waals surface area contributed by atoms with Gasteiger partial charge in [0.1, 0.15) is 5.75 Å². The second kappa shape index (κ2) is 7.04. The van der Waals surface area contributed by atoms with E-state index in [1.54, 1.807) is 20.4 Å². The molecule has 0 N–H and O–H groups in total. The predicted octanol–water partition coefficient (Wildman–Crippen LogP) is 2.80. The number of fused-ring (bicyclic) bond motifs is 1. The molecule has 1 aliphatic heterocycles. The molecule has 0 bridgehead atoms. The van der Waals surface area contributed by atoms with Crippen LogP contribution in [-0.2, 0) is 15.9 Å². The number of benzene rings is 1. The first-order valence-electron chi connectivity index (χ1n) is 9.63. The topological polar surface area (TPSA) is 67.6 Å². The first kappa shape index (κ1) is 19.7. The molecule has 0 aliphatic carbocycles. The van der Waals surface area contributed by atoms with E-state index in [0.29, 0.717) is 12.4 Å². The molecule has 0 saturated carbocycles. The molecule has 152 valence electrons. The molecule has 1 fully saturated rings. The molecule has 0 radical (unpaired) electrons. The Labute approximate surface area is 171 Å². The number of ether oxygens (including phenoxy) is 2. The highest BCUT2D eigenvalue weighted by atomic mass is 16.7. The summed E-state index contributed by atoms with van der Waals surface area (Å²) in [4.78, 5) is 4.66. The molecule has 29 heavy (non-hydrogen) atoms. The van der Waals surface area contributed by atoms with Crippen LogP contribution in [0.2, 0.25) is 0 Å². The highest BCUT2D eigenvalue weighted by Crippen LogP contribution is 2.36. The van der Waals surface area contributed by atoms with Crippen molar-refractivity contribution in [1.29, 1.82) is 0 Å². The number of methoxy groups -OCH3 is 2. The van der Waals surface area contributed by atoms with E-state index in [2.05, 4.69) is 10.1 Å². The number of nitrogens with zero attached hydrogens (tertiary/aromatic N) is 3. The number of aromatic nitrogens is 3. The minimum absolute atomic E-state index is 0.407. The Balaban J connectivity index is 1.67. The molecule has 7 nitrogen and oxygen atoms in total. The van der Waals surface area contributed by atoms with E-state index in [0.717, 1.165) is 27.8 Å². The van der Waals surface area contributed by atoms with Crippen molar-refractivity contribution in [3.63, 3.8) is 0 Å². The zero-order valence-corrected chi connectivity index (χ0v) is 17.7. The number of rotatable bonds is 5. The lowest BCUT2D eigenvalue weighted by molar-refractivity contribution is 0.00578. The number of hydrogen-bond donors (Lipinski definition) is 0. The molecule has 4 rings (SSSR count). The van der Waals surface area contributed by atoms with Crippen molar-refractivity contribution in [3.8, 4) is 11.6 Å². The summed E-state index contributed by atoms with van der Waals surface area (Å²) in [7, 11) is 2.79. The van der Waals surface area contributed by atoms with Crippen LogP contribution in [0.3, 0.4) is 0 Å². The average molecular weight is 395 g/mol. The first-order valence-corrected chi connectivity index (χ1v) is 9.63. The standard InChI is InChI=1S/C21H26BN3O4/c1-20(2)21(3,4)29-22(28-20)15-11-17-18(23-12-15)25(24-19(17)27-6)13-14-7-9-16(26-5)10-8-14/h7-12H,13H2,1-6H3. The third kappa shape index (κ3) is 3.47. The van der Waals surface area contributed by atoms with E-state index >= 15 is 0 Å². The van der Waals surface area contributed by atoms with Crippen LogP contribution in [0, 0.1) is 0 Å². The first-order chi connectivity index (χ1) is 13.7. The van der Waals surface area contributed by atoms with E-state index < -0.39 is 18.3 Å². The lowest BCUT2D eigenvalue weighted by atomic mass is 9.80. The Hall–Kier alpha value is -2.58. The van der Waals surface area contributed by atoms with Gasteiger partial charge in [-0.1, -0.05) is 12.1 Å². The molecule has 8 heteroatoms. The second-order valence-electron chi connectivity index (χ2n) is 8.24. The van der Waals surface area contributed by atoms with Crippen LogP contribution in [0.25, 0.3) is 11.0 Å². The van der Waals surface area contributed by atoms with E-state index in [9.17, 15) is 0 Å². The third-order valence-electron chi connectivity index (χ3n) is 5.78. The summed E-state index contributed by atoms with van der Waals surface area (Å²) < 4.78 is 24.9. The van der Waals surface area contributed by atoms with Crippen LogP contribution in [0.5, 0.6) is 11.6 Å². The van der Waals surface area contributed by atoms with Gasteiger partial charge in [-0.3, -0.25) is 0 Å². The van der Waals surface area contributed by atoms with E-state index in [4.69, 9.17) is 18.8 Å². The highest BCUT2D eigenvalue weighted by Gasteiger charge is 2.51. The zero-order chi connectivity index (χ0) is 20.8. The highest BCUT2D eigenvalue weighted by molar-refractivity contribution is 6.62. The lowest BCUT2D eigenvalue weighted by Crippen LogP contribution is -2.41. The molecule has 0 atom stereocenters. The Morgan fingerprint density at radius 2 is 1.66 bits per heavy atom. The number of pyridine rings is 1. The van der Waals surface area contributed by atoms with Gasteiger partial charge in [-0.25, -0.2) is 9.67 Å². The maximum Gasteiger partial charge on any atom is 0.496 e. The smallest absolute Gasteiger partial charge is 0.496 e. The summed E-state index contributed by atoms with van der Waals surface area (Å²) in [5, 5.41) is 5.42. The molecule has 1 aliphatic rings. The minimum Gasteiger partial charge on any atom is -0.497 e. The van der Waals surface area contributed by atoms with Gasteiger partial charge < -0.3 is 18.8 Å². The van der Waals surface area contributed by atoms with Crippen LogP contribution in [0.1, 0.15) is 33.3 Å². The molecule has 2 aromatic heterocycles. The molecule has 0 unspecified atom stereocenters. The Bertz CT molecular complexity index is 1010. The van der Waals surface area contributed by atoms with Gasteiger partial charge in [-0.05, 0) is 51.5 Å². The summed E-state index contributed by atoms with van der Waals surface area (Å²) in [6.07, 6.45) is 1.79. The second-order valence-corrected chi connectivity index (χ2v) is 8.24. The van der Waals surface area contributed by atoms with Gasteiger partial charge in [-0.15, -0.1) is 5.10 Å². The fourth-order valence-corrected chi connectivity index (χ4v) is 3.32. The molecule has 3 heterocycles. The van der Waals surface area contributed by atoms with Crippen molar-refractivity contribution in [3.05, 3.63) is 42.1 Å². The Kier molecular flexibility index (Phi) is 4.79. The summed E-state index contributed by atoms with van der Waals surface area (Å²) in [5.74, 6) is 1.35. The fourth-order valence-electron chi connectivity index (χ4n) is 3.32. The third-order valence-corrected chi connectivity index (χ3v) is 5.78. The average Bonchev–Trinajstić information content (AvgIpc) is 3.15.